The predicted octanol–water partition coefficient (Wildman–Crippen LogP) is 3.91. The van der Waals surface area contributed by atoms with Gasteiger partial charge in [0.25, 0.3) is 0 Å². The fourth-order valence-corrected chi connectivity index (χ4v) is 1.94. The van der Waals surface area contributed by atoms with Crippen LogP contribution in [0.15, 0.2) is 48.5 Å². The minimum atomic E-state index is -1.05. The molecule has 126 valence electrons. The molecule has 0 aromatic heterocycles. The van der Waals surface area contributed by atoms with Crippen LogP contribution in [0.25, 0.3) is 6.08 Å². The van der Waals surface area contributed by atoms with Gasteiger partial charge in [-0.2, -0.15) is 4.39 Å². The highest BCUT2D eigenvalue weighted by Gasteiger charge is 2.11. The number of halogens is 2. The van der Waals surface area contributed by atoms with Crippen molar-refractivity contribution >= 4 is 12.2 Å². The first kappa shape index (κ1) is 17.5. The zero-order valence-electron chi connectivity index (χ0n) is 13.1. The Morgan fingerprint density at radius 2 is 1.88 bits per heavy atom. The van der Waals surface area contributed by atoms with Crippen LogP contribution in [0.5, 0.6) is 5.75 Å². The van der Waals surface area contributed by atoms with Crippen LogP contribution in [-0.2, 0) is 11.3 Å². The van der Waals surface area contributed by atoms with Crippen LogP contribution in [0.3, 0.4) is 0 Å². The molecule has 1 amide bonds. The first-order chi connectivity index (χ1) is 11.6. The van der Waals surface area contributed by atoms with Crippen LogP contribution in [0.1, 0.15) is 11.1 Å². The van der Waals surface area contributed by atoms with E-state index in [2.05, 4.69) is 10.1 Å². The van der Waals surface area contributed by atoms with Gasteiger partial charge >= 0.3 is 6.09 Å². The third-order valence-corrected chi connectivity index (χ3v) is 3.17. The van der Waals surface area contributed by atoms with Crippen LogP contribution in [0.4, 0.5) is 13.6 Å². The lowest BCUT2D eigenvalue weighted by atomic mass is 10.2. The van der Waals surface area contributed by atoms with Gasteiger partial charge in [0.05, 0.1) is 7.11 Å². The molecule has 0 atom stereocenters. The molecule has 2 rings (SSSR count). The molecule has 0 saturated carbocycles. The van der Waals surface area contributed by atoms with Gasteiger partial charge in [0.2, 0.25) is 5.82 Å². The zero-order valence-corrected chi connectivity index (χ0v) is 13.1. The van der Waals surface area contributed by atoms with E-state index >= 15 is 0 Å². The normalized spacial score (nSPS) is 10.6. The molecule has 0 aliphatic heterocycles. The first-order valence-electron chi connectivity index (χ1n) is 7.25. The Morgan fingerprint density at radius 3 is 2.58 bits per heavy atom. The van der Waals surface area contributed by atoms with Gasteiger partial charge in [-0.25, -0.2) is 9.18 Å². The quantitative estimate of drug-likeness (QED) is 0.872. The number of benzene rings is 2. The number of ether oxygens (including phenoxy) is 2. The van der Waals surface area contributed by atoms with Crippen molar-refractivity contribution in [3.8, 4) is 5.75 Å². The molecule has 0 saturated heterocycles. The third-order valence-electron chi connectivity index (χ3n) is 3.17. The highest BCUT2D eigenvalue weighted by Crippen LogP contribution is 2.22. The smallest absolute Gasteiger partial charge is 0.407 e. The van der Waals surface area contributed by atoms with Crippen LogP contribution in [-0.4, -0.2) is 19.7 Å². The SMILES string of the molecule is COc1ccc(C=CCNC(=O)OCc2ccccc2)c(F)c1F. The first-order valence-corrected chi connectivity index (χ1v) is 7.25. The molecule has 24 heavy (non-hydrogen) atoms. The van der Waals surface area contributed by atoms with E-state index in [1.807, 2.05) is 30.3 Å². The number of carbonyl (C=O) groups is 1. The summed E-state index contributed by atoms with van der Waals surface area (Å²) in [7, 11) is 1.26. The topological polar surface area (TPSA) is 47.6 Å². The lowest BCUT2D eigenvalue weighted by Gasteiger charge is -2.06. The second-order valence-electron chi connectivity index (χ2n) is 4.83. The monoisotopic (exact) mass is 333 g/mol. The predicted molar refractivity (Wildman–Crippen MR) is 86.6 cm³/mol. The molecule has 0 unspecified atom stereocenters. The summed E-state index contributed by atoms with van der Waals surface area (Å²) < 4.78 is 37.0. The van der Waals surface area contributed by atoms with Gasteiger partial charge in [-0.3, -0.25) is 0 Å². The number of hydrogen-bond acceptors (Lipinski definition) is 3. The Hall–Kier alpha value is -2.89. The molecular formula is C18H17F2NO3. The molecule has 0 bridgehead atoms. The van der Waals surface area contributed by atoms with Crippen molar-refractivity contribution in [1.82, 2.24) is 5.32 Å². The molecule has 2 aromatic carbocycles. The summed E-state index contributed by atoms with van der Waals surface area (Å²) in [5.74, 6) is -2.21. The number of amides is 1. The van der Waals surface area contributed by atoms with Crippen LogP contribution >= 0.6 is 0 Å². The van der Waals surface area contributed by atoms with Gasteiger partial charge in [0, 0.05) is 12.1 Å². The molecule has 0 spiro atoms. The minimum absolute atomic E-state index is 0.0627. The Balaban J connectivity index is 1.80. The van der Waals surface area contributed by atoms with Gasteiger partial charge in [0.1, 0.15) is 6.61 Å². The van der Waals surface area contributed by atoms with Crippen molar-refractivity contribution in [3.63, 3.8) is 0 Å². The standard InChI is InChI=1S/C18H17F2NO3/c1-23-15-10-9-14(16(19)17(15)20)8-5-11-21-18(22)24-12-13-6-3-2-4-7-13/h2-10H,11-12H2,1H3,(H,21,22). The molecule has 0 fully saturated rings. The third kappa shape index (κ3) is 4.81. The second kappa shape index (κ2) is 8.67. The number of rotatable bonds is 6. The summed E-state index contributed by atoms with van der Waals surface area (Å²) in [5, 5.41) is 2.49. The van der Waals surface area contributed by atoms with Gasteiger partial charge in [-0.15, -0.1) is 0 Å². The molecule has 0 aliphatic carbocycles. The Kier molecular flexibility index (Phi) is 6.31. The van der Waals surface area contributed by atoms with Crippen molar-refractivity contribution in [1.29, 1.82) is 0 Å². The maximum atomic E-state index is 13.7. The van der Waals surface area contributed by atoms with Gasteiger partial charge in [-0.1, -0.05) is 42.5 Å². The van der Waals surface area contributed by atoms with Gasteiger partial charge in [0.15, 0.2) is 11.6 Å². The molecule has 6 heteroatoms. The fourth-order valence-electron chi connectivity index (χ4n) is 1.94. The summed E-state index contributed by atoms with van der Waals surface area (Å²) in [4.78, 5) is 11.5. The Bertz CT molecular complexity index is 718. The van der Waals surface area contributed by atoms with Crippen molar-refractivity contribution < 1.29 is 23.0 Å². The van der Waals surface area contributed by atoms with Crippen molar-refractivity contribution in [3.05, 3.63) is 71.3 Å². The van der Waals surface area contributed by atoms with E-state index < -0.39 is 17.7 Å². The highest BCUT2D eigenvalue weighted by atomic mass is 19.2. The number of nitrogens with one attached hydrogen (secondary N) is 1. The average Bonchev–Trinajstić information content (AvgIpc) is 2.61. The molecule has 4 nitrogen and oxygen atoms in total. The second-order valence-corrected chi connectivity index (χ2v) is 4.83. The van der Waals surface area contributed by atoms with E-state index in [1.165, 1.54) is 31.4 Å². The number of hydrogen-bond donors (Lipinski definition) is 1. The van der Waals surface area contributed by atoms with Crippen molar-refractivity contribution in [2.24, 2.45) is 0 Å². The van der Waals surface area contributed by atoms with Crippen LogP contribution in [0.2, 0.25) is 0 Å². The lowest BCUT2D eigenvalue weighted by molar-refractivity contribution is 0.141. The molecule has 0 radical (unpaired) electrons. The number of alkyl carbamates (subject to hydrolysis) is 1. The molecule has 0 heterocycles. The van der Waals surface area contributed by atoms with E-state index in [0.29, 0.717) is 0 Å². The van der Waals surface area contributed by atoms with E-state index in [-0.39, 0.29) is 24.5 Å². The number of methoxy groups -OCH3 is 1. The summed E-state index contributed by atoms with van der Waals surface area (Å²) in [6, 6.07) is 12.0. The summed E-state index contributed by atoms with van der Waals surface area (Å²) in [5.41, 5.74) is 0.937. The lowest BCUT2D eigenvalue weighted by Crippen LogP contribution is -2.24. The maximum Gasteiger partial charge on any atom is 0.407 e. The largest absolute Gasteiger partial charge is 0.494 e. The Labute approximate surface area is 138 Å². The van der Waals surface area contributed by atoms with Crippen LogP contribution in [0, 0.1) is 11.6 Å². The van der Waals surface area contributed by atoms with Crippen LogP contribution < -0.4 is 10.1 Å². The van der Waals surface area contributed by atoms with Gasteiger partial charge < -0.3 is 14.8 Å². The molecular weight excluding hydrogens is 316 g/mol. The Morgan fingerprint density at radius 1 is 1.12 bits per heavy atom. The summed E-state index contributed by atoms with van der Waals surface area (Å²) in [6.07, 6.45) is 2.27. The maximum absolute atomic E-state index is 13.7. The summed E-state index contributed by atoms with van der Waals surface area (Å²) >= 11 is 0. The van der Waals surface area contributed by atoms with Gasteiger partial charge in [-0.05, 0) is 17.7 Å². The number of carbonyl (C=O) groups excluding carboxylic acids is 1. The van der Waals surface area contributed by atoms with E-state index in [0.717, 1.165) is 5.56 Å². The summed E-state index contributed by atoms with van der Waals surface area (Å²) in [6.45, 7) is 0.287. The highest BCUT2D eigenvalue weighted by molar-refractivity contribution is 5.67. The van der Waals surface area contributed by atoms with E-state index in [9.17, 15) is 13.6 Å². The molecule has 0 aliphatic rings. The van der Waals surface area contributed by atoms with Crippen molar-refractivity contribution in [2.45, 2.75) is 6.61 Å². The minimum Gasteiger partial charge on any atom is -0.494 e. The zero-order chi connectivity index (χ0) is 17.4. The van der Waals surface area contributed by atoms with E-state index in [4.69, 9.17) is 4.74 Å². The molecule has 1 N–H and O–H groups in total. The average molecular weight is 333 g/mol. The fraction of sp³-hybridized carbons (Fsp3) is 0.167. The van der Waals surface area contributed by atoms with Crippen molar-refractivity contribution in [2.75, 3.05) is 13.7 Å². The molecule has 2 aromatic rings. The van der Waals surface area contributed by atoms with E-state index in [1.54, 1.807) is 0 Å².